The number of hydrogen-bond acceptors (Lipinski definition) is 5. The van der Waals surface area contributed by atoms with E-state index in [0.717, 1.165) is 38.5 Å². The summed E-state index contributed by atoms with van der Waals surface area (Å²) in [4.78, 5) is 40.5. The molecular formula is C28H38N4O4. The van der Waals surface area contributed by atoms with E-state index >= 15 is 0 Å². The minimum Gasteiger partial charge on any atom is -0.506 e. The molecule has 2 heterocycles. The van der Waals surface area contributed by atoms with Crippen molar-refractivity contribution in [2.45, 2.75) is 104 Å². The number of aromatic nitrogens is 2. The predicted octanol–water partition coefficient (Wildman–Crippen LogP) is 4.83. The third kappa shape index (κ3) is 3.71. The predicted molar refractivity (Wildman–Crippen MR) is 139 cm³/mol. The number of nitrogens with zero attached hydrogens (tertiary/aromatic N) is 3. The van der Waals surface area contributed by atoms with Gasteiger partial charge < -0.3 is 5.11 Å². The van der Waals surface area contributed by atoms with Gasteiger partial charge in [0.1, 0.15) is 5.76 Å². The van der Waals surface area contributed by atoms with Crippen molar-refractivity contribution in [3.8, 4) is 0 Å². The van der Waals surface area contributed by atoms with Crippen LogP contribution in [-0.4, -0.2) is 43.3 Å². The van der Waals surface area contributed by atoms with Gasteiger partial charge in [0, 0.05) is 5.69 Å². The Morgan fingerprint density at radius 1 is 0.889 bits per heavy atom. The molecule has 1 aliphatic heterocycles. The zero-order valence-electron chi connectivity index (χ0n) is 21.9. The summed E-state index contributed by atoms with van der Waals surface area (Å²) < 4.78 is 1.63. The number of Topliss-reactive ketones (excluding diaryl/α,β-unsaturated/α-hetero) is 1. The Balaban J connectivity index is 1.53. The van der Waals surface area contributed by atoms with E-state index in [-0.39, 0.29) is 51.6 Å². The maximum atomic E-state index is 13.5. The van der Waals surface area contributed by atoms with E-state index in [2.05, 4.69) is 10.2 Å². The summed E-state index contributed by atoms with van der Waals surface area (Å²) in [7, 11) is 0. The molecular weight excluding hydrogens is 456 g/mol. The van der Waals surface area contributed by atoms with Crippen LogP contribution >= 0.6 is 0 Å². The number of ketones is 1. The first kappa shape index (κ1) is 24.8. The number of aliphatic hydroxyl groups excluding tert-OH is 1. The van der Waals surface area contributed by atoms with Gasteiger partial charge in [-0.1, -0.05) is 39.5 Å². The van der Waals surface area contributed by atoms with Crippen molar-refractivity contribution in [1.29, 1.82) is 0 Å². The second-order valence-corrected chi connectivity index (χ2v) is 10.9. The lowest BCUT2D eigenvalue weighted by Crippen LogP contribution is -2.37. The van der Waals surface area contributed by atoms with Gasteiger partial charge in [-0.15, -0.1) is 0 Å². The highest BCUT2D eigenvalue weighted by Gasteiger charge is 2.46. The topological polar surface area (TPSA) is 108 Å². The lowest BCUT2D eigenvalue weighted by molar-refractivity contribution is -0.129. The Labute approximate surface area is 212 Å². The zero-order valence-corrected chi connectivity index (χ0v) is 21.9. The first-order valence-corrected chi connectivity index (χ1v) is 13.8. The minimum absolute atomic E-state index is 0.00401. The molecule has 8 nitrogen and oxygen atoms in total. The normalized spacial score (nSPS) is 25.2. The van der Waals surface area contributed by atoms with Crippen molar-refractivity contribution >= 4 is 23.0 Å². The highest BCUT2D eigenvalue weighted by Crippen LogP contribution is 2.42. The smallest absolute Gasteiger partial charge is 0.277 e. The molecule has 2 unspecified atom stereocenters. The average Bonchev–Trinajstić information content (AvgIpc) is 3.68. The monoisotopic (exact) mass is 494 g/mol. The summed E-state index contributed by atoms with van der Waals surface area (Å²) >= 11 is 0. The molecule has 0 spiro atoms. The second kappa shape index (κ2) is 9.52. The Bertz CT molecular complexity index is 1230. The van der Waals surface area contributed by atoms with E-state index in [1.165, 1.54) is 17.9 Å². The van der Waals surface area contributed by atoms with Crippen LogP contribution in [0.2, 0.25) is 0 Å². The lowest BCUT2D eigenvalue weighted by Gasteiger charge is -2.27. The first-order chi connectivity index (χ1) is 17.3. The van der Waals surface area contributed by atoms with Gasteiger partial charge in [-0.2, -0.15) is 5.10 Å². The van der Waals surface area contributed by atoms with Gasteiger partial charge in [-0.3, -0.25) is 19.5 Å². The molecule has 5 rings (SSSR count). The molecule has 2 saturated carbocycles. The lowest BCUT2D eigenvalue weighted by atomic mass is 9.79. The highest BCUT2D eigenvalue weighted by atomic mass is 16.3. The zero-order chi connectivity index (χ0) is 25.7. The number of hydrazone groups is 1. The van der Waals surface area contributed by atoms with E-state index in [9.17, 15) is 19.5 Å². The minimum atomic E-state index is -0.446. The molecule has 0 radical (unpaired) electrons. The van der Waals surface area contributed by atoms with Crippen LogP contribution in [-0.2, 0) is 16.0 Å². The Kier molecular flexibility index (Phi) is 6.55. The number of carbonyl (C=O) groups excluding carboxylic acids is 2. The van der Waals surface area contributed by atoms with E-state index in [1.807, 2.05) is 27.7 Å². The van der Waals surface area contributed by atoms with Gasteiger partial charge in [0.15, 0.2) is 0 Å². The molecule has 1 amide bonds. The number of nitrogens with one attached hydrogen (secondary N) is 1. The van der Waals surface area contributed by atoms with Gasteiger partial charge in [0.25, 0.3) is 11.5 Å². The summed E-state index contributed by atoms with van der Waals surface area (Å²) in [5.41, 5.74) is 1.36. The van der Waals surface area contributed by atoms with Crippen LogP contribution in [0.4, 0.5) is 0 Å². The van der Waals surface area contributed by atoms with Crippen LogP contribution in [0, 0.1) is 11.8 Å². The third-order valence-corrected chi connectivity index (χ3v) is 9.00. The fourth-order valence-electron chi connectivity index (χ4n) is 6.70. The summed E-state index contributed by atoms with van der Waals surface area (Å²) in [5, 5.41) is 20.5. The molecule has 1 aromatic heterocycles. The van der Waals surface area contributed by atoms with Gasteiger partial charge >= 0.3 is 0 Å². The molecule has 2 fully saturated rings. The maximum absolute atomic E-state index is 13.5. The largest absolute Gasteiger partial charge is 0.506 e. The maximum Gasteiger partial charge on any atom is 0.277 e. The van der Waals surface area contributed by atoms with Crippen LogP contribution in [0.15, 0.2) is 26.8 Å². The van der Waals surface area contributed by atoms with Crippen molar-refractivity contribution in [3.63, 3.8) is 0 Å². The number of rotatable bonds is 7. The standard InChI is InChI=1S/C28H38N4O4/c1-5-19-21(27(35)31(29-19)15(3)17-11-7-8-12-17)23-25(33)24(26(23)34)22-20(6-2)30-32(28(22)36)16(4)18-13-9-10-14-18/h15-18,29,33H,5-14H2,1-4H3/b24-22-. The Hall–Kier alpha value is -2.90. The first-order valence-electron chi connectivity index (χ1n) is 13.8. The summed E-state index contributed by atoms with van der Waals surface area (Å²) in [6, 6.07) is -0.0586. The Morgan fingerprint density at radius 3 is 2.00 bits per heavy atom. The number of aromatic amines is 1. The highest BCUT2D eigenvalue weighted by molar-refractivity contribution is 6.44. The van der Waals surface area contributed by atoms with E-state index in [1.54, 1.807) is 4.68 Å². The van der Waals surface area contributed by atoms with Crippen LogP contribution in [0.5, 0.6) is 0 Å². The molecule has 0 aromatic carbocycles. The fourth-order valence-corrected chi connectivity index (χ4v) is 6.70. The molecule has 1 aromatic rings. The van der Waals surface area contributed by atoms with Crippen LogP contribution < -0.4 is 5.56 Å². The fraction of sp³-hybridized carbons (Fsp3) is 0.643. The quantitative estimate of drug-likeness (QED) is 0.530. The Morgan fingerprint density at radius 2 is 1.47 bits per heavy atom. The van der Waals surface area contributed by atoms with E-state index < -0.39 is 5.78 Å². The number of carbonyl (C=O) groups is 2. The number of allylic oxidation sites excluding steroid dienone is 2. The SMILES string of the molecule is CCC1=NN(C(C)C2CCCC2)C(=O)/C1=C1\C(=O)C(c2c(CC)[nH]n(C(C)C3CCCC3)c2=O)=C1O. The molecule has 4 aliphatic rings. The summed E-state index contributed by atoms with van der Waals surface area (Å²) in [5.74, 6) is -0.213. The van der Waals surface area contributed by atoms with E-state index in [4.69, 9.17) is 0 Å². The van der Waals surface area contributed by atoms with Crippen molar-refractivity contribution in [2.24, 2.45) is 16.9 Å². The van der Waals surface area contributed by atoms with Gasteiger partial charge in [0.2, 0.25) is 5.78 Å². The molecule has 2 N–H and O–H groups in total. The van der Waals surface area contributed by atoms with Gasteiger partial charge in [-0.05, 0) is 64.2 Å². The average molecular weight is 495 g/mol. The molecule has 3 aliphatic carbocycles. The van der Waals surface area contributed by atoms with E-state index in [0.29, 0.717) is 36.1 Å². The summed E-state index contributed by atoms with van der Waals surface area (Å²) in [6.07, 6.45) is 9.98. The third-order valence-electron chi connectivity index (χ3n) is 9.00. The van der Waals surface area contributed by atoms with Crippen molar-refractivity contribution < 1.29 is 14.7 Å². The van der Waals surface area contributed by atoms with Crippen molar-refractivity contribution in [3.05, 3.63) is 38.5 Å². The molecule has 8 heteroatoms. The molecule has 194 valence electrons. The number of H-pyrrole nitrogens is 1. The van der Waals surface area contributed by atoms with Crippen LogP contribution in [0.1, 0.15) is 103 Å². The molecule has 36 heavy (non-hydrogen) atoms. The van der Waals surface area contributed by atoms with Crippen molar-refractivity contribution in [1.82, 2.24) is 14.8 Å². The number of hydrogen-bond donors (Lipinski definition) is 2. The van der Waals surface area contributed by atoms with Crippen molar-refractivity contribution in [2.75, 3.05) is 0 Å². The van der Waals surface area contributed by atoms with Gasteiger partial charge in [-0.25, -0.2) is 9.69 Å². The van der Waals surface area contributed by atoms with Crippen LogP contribution in [0.3, 0.4) is 0 Å². The number of amides is 1. The molecule has 0 saturated heterocycles. The molecule has 2 atom stereocenters. The number of aliphatic hydroxyl groups is 1. The van der Waals surface area contributed by atoms with Gasteiger partial charge in [0.05, 0.1) is 40.1 Å². The molecule has 0 bridgehead atoms. The summed E-state index contributed by atoms with van der Waals surface area (Å²) in [6.45, 7) is 7.88. The van der Waals surface area contributed by atoms with Crippen LogP contribution in [0.25, 0.3) is 5.57 Å². The second-order valence-electron chi connectivity index (χ2n) is 10.9. The number of aryl methyl sites for hydroxylation is 1.